The molecular formula is C14H14BClNO3. The molecular weight excluding hydrogens is 276 g/mol. The van der Waals surface area contributed by atoms with Crippen molar-refractivity contribution < 1.29 is 15.3 Å². The summed E-state index contributed by atoms with van der Waals surface area (Å²) >= 11 is 5.79. The maximum absolute atomic E-state index is 9.93. The lowest BCUT2D eigenvalue weighted by Crippen LogP contribution is -2.34. The van der Waals surface area contributed by atoms with E-state index in [-0.39, 0.29) is 0 Å². The monoisotopic (exact) mass is 290 g/mol. The van der Waals surface area contributed by atoms with Gasteiger partial charge in [0, 0.05) is 16.3 Å². The van der Waals surface area contributed by atoms with Gasteiger partial charge in [-0.2, -0.15) is 0 Å². The summed E-state index contributed by atoms with van der Waals surface area (Å²) in [5.74, 6) is 0. The maximum Gasteiger partial charge on any atom is 0.216 e. The zero-order valence-corrected chi connectivity index (χ0v) is 11.3. The number of nitrogens with one attached hydrogen (secondary N) is 1. The molecule has 2 rings (SSSR count). The van der Waals surface area contributed by atoms with Crippen molar-refractivity contribution in [3.63, 3.8) is 0 Å². The predicted octanol–water partition coefficient (Wildman–Crippen LogP) is 1.04. The number of benzene rings is 2. The summed E-state index contributed by atoms with van der Waals surface area (Å²) in [7, 11) is 1.62. The Morgan fingerprint density at radius 3 is 2.35 bits per heavy atom. The first-order valence-corrected chi connectivity index (χ1v) is 6.43. The van der Waals surface area contributed by atoms with Crippen molar-refractivity contribution in [1.82, 2.24) is 0 Å². The summed E-state index contributed by atoms with van der Waals surface area (Å²) in [6.45, 7) is 0. The van der Waals surface area contributed by atoms with Crippen LogP contribution in [0.25, 0.3) is 0 Å². The molecule has 0 fully saturated rings. The number of hydrogen-bond acceptors (Lipinski definition) is 4. The van der Waals surface area contributed by atoms with Gasteiger partial charge >= 0.3 is 0 Å². The molecule has 6 heteroatoms. The average molecular weight is 291 g/mol. The Morgan fingerprint density at radius 2 is 1.70 bits per heavy atom. The molecule has 0 amide bonds. The molecule has 4 nitrogen and oxygen atoms in total. The summed E-state index contributed by atoms with van der Waals surface area (Å²) in [5, 5.41) is 31.6. The molecule has 0 bridgehead atoms. The number of aliphatic hydroxyl groups excluding tert-OH is 2. The zero-order valence-electron chi connectivity index (χ0n) is 10.6. The molecule has 0 spiro atoms. The Morgan fingerprint density at radius 1 is 1.00 bits per heavy atom. The normalized spacial score (nSPS) is 12.2. The SMILES string of the molecule is OC([B]c1ccc(Cl)cc1)Nc1cccc(C(O)O)c1. The second-order valence-corrected chi connectivity index (χ2v) is 4.74. The number of rotatable bonds is 5. The second-order valence-electron chi connectivity index (χ2n) is 4.31. The quantitative estimate of drug-likeness (QED) is 0.490. The van der Waals surface area contributed by atoms with Crippen molar-refractivity contribution in [3.8, 4) is 0 Å². The molecule has 1 unspecified atom stereocenters. The van der Waals surface area contributed by atoms with Crippen molar-refractivity contribution in [2.75, 3.05) is 5.32 Å². The Balaban J connectivity index is 1.99. The van der Waals surface area contributed by atoms with Gasteiger partial charge in [0.15, 0.2) is 6.29 Å². The van der Waals surface area contributed by atoms with Gasteiger partial charge in [0.25, 0.3) is 0 Å². The first-order valence-electron chi connectivity index (χ1n) is 6.06. The van der Waals surface area contributed by atoms with Gasteiger partial charge in [-0.3, -0.25) is 0 Å². The summed E-state index contributed by atoms with van der Waals surface area (Å²) in [4.78, 5) is 0. The van der Waals surface area contributed by atoms with E-state index in [0.29, 0.717) is 16.3 Å². The number of anilines is 1. The Bertz CT molecular complexity index is 563. The molecule has 4 N–H and O–H groups in total. The van der Waals surface area contributed by atoms with E-state index in [1.165, 1.54) is 0 Å². The smallest absolute Gasteiger partial charge is 0.216 e. The van der Waals surface area contributed by atoms with Crippen molar-refractivity contribution >= 4 is 30.0 Å². The number of aliphatic hydroxyl groups is 3. The van der Waals surface area contributed by atoms with Gasteiger partial charge in [-0.25, -0.2) is 0 Å². The van der Waals surface area contributed by atoms with E-state index in [1.54, 1.807) is 55.8 Å². The maximum atomic E-state index is 9.93. The van der Waals surface area contributed by atoms with Gasteiger partial charge in [-0.15, -0.1) is 0 Å². The third kappa shape index (κ3) is 4.25. The van der Waals surface area contributed by atoms with Crippen LogP contribution in [0.3, 0.4) is 0 Å². The van der Waals surface area contributed by atoms with Crippen LogP contribution in [0.5, 0.6) is 0 Å². The van der Waals surface area contributed by atoms with Crippen LogP contribution in [0.15, 0.2) is 48.5 Å². The van der Waals surface area contributed by atoms with Gasteiger partial charge in [-0.05, 0) is 24.3 Å². The molecule has 0 saturated carbocycles. The van der Waals surface area contributed by atoms with Crippen LogP contribution in [-0.4, -0.2) is 28.7 Å². The van der Waals surface area contributed by atoms with Crippen molar-refractivity contribution in [2.45, 2.75) is 12.4 Å². The third-order valence-electron chi connectivity index (χ3n) is 2.72. The molecule has 0 heterocycles. The van der Waals surface area contributed by atoms with Crippen LogP contribution < -0.4 is 10.8 Å². The first-order chi connectivity index (χ1) is 9.54. The lowest BCUT2D eigenvalue weighted by Gasteiger charge is -2.15. The minimum atomic E-state index is -1.53. The van der Waals surface area contributed by atoms with Crippen molar-refractivity contribution in [1.29, 1.82) is 0 Å². The molecule has 0 aliphatic carbocycles. The van der Waals surface area contributed by atoms with Gasteiger partial charge in [0.05, 0.1) is 6.13 Å². The topological polar surface area (TPSA) is 72.7 Å². The van der Waals surface area contributed by atoms with E-state index in [2.05, 4.69) is 5.32 Å². The fourth-order valence-corrected chi connectivity index (χ4v) is 1.88. The highest BCUT2D eigenvalue weighted by atomic mass is 35.5. The molecule has 0 aliphatic heterocycles. The summed E-state index contributed by atoms with van der Waals surface area (Å²) in [5.41, 5.74) is 1.77. The molecule has 103 valence electrons. The van der Waals surface area contributed by atoms with Gasteiger partial charge in [0.1, 0.15) is 0 Å². The van der Waals surface area contributed by atoms with E-state index in [9.17, 15) is 5.11 Å². The van der Waals surface area contributed by atoms with Crippen LogP contribution in [0.2, 0.25) is 5.02 Å². The Labute approximate surface area is 122 Å². The highest BCUT2D eigenvalue weighted by Crippen LogP contribution is 2.16. The Hall–Kier alpha value is -1.53. The first kappa shape index (κ1) is 14.9. The predicted molar refractivity (Wildman–Crippen MR) is 80.1 cm³/mol. The molecule has 0 aliphatic rings. The summed E-state index contributed by atoms with van der Waals surface area (Å²) in [6, 6.07) is 13.6. The van der Waals surface area contributed by atoms with Crippen molar-refractivity contribution in [3.05, 3.63) is 59.1 Å². The molecule has 0 saturated heterocycles. The summed E-state index contributed by atoms with van der Waals surface area (Å²) in [6.07, 6.45) is -2.43. The third-order valence-corrected chi connectivity index (χ3v) is 2.97. The van der Waals surface area contributed by atoms with Crippen LogP contribution in [0, 0.1) is 0 Å². The van der Waals surface area contributed by atoms with E-state index < -0.39 is 12.4 Å². The highest BCUT2D eigenvalue weighted by molar-refractivity contribution is 6.55. The van der Waals surface area contributed by atoms with Gasteiger partial charge in [-0.1, -0.05) is 41.3 Å². The van der Waals surface area contributed by atoms with Crippen LogP contribution in [-0.2, 0) is 0 Å². The zero-order chi connectivity index (χ0) is 14.5. The molecule has 1 atom stereocenters. The highest BCUT2D eigenvalue weighted by Gasteiger charge is 2.09. The van der Waals surface area contributed by atoms with E-state index in [0.717, 1.165) is 5.46 Å². The fraction of sp³-hybridized carbons (Fsp3) is 0.143. The van der Waals surface area contributed by atoms with Crippen LogP contribution >= 0.6 is 11.6 Å². The van der Waals surface area contributed by atoms with Crippen molar-refractivity contribution in [2.24, 2.45) is 0 Å². The second kappa shape index (κ2) is 6.77. The van der Waals surface area contributed by atoms with E-state index in [4.69, 9.17) is 21.8 Å². The lowest BCUT2D eigenvalue weighted by atomic mass is 9.68. The van der Waals surface area contributed by atoms with Crippen LogP contribution in [0.1, 0.15) is 11.9 Å². The largest absolute Gasteiger partial charge is 0.382 e. The molecule has 20 heavy (non-hydrogen) atoms. The van der Waals surface area contributed by atoms with Gasteiger partial charge in [0.2, 0.25) is 7.28 Å². The minimum absolute atomic E-state index is 0.355. The molecule has 2 aromatic rings. The summed E-state index contributed by atoms with van der Waals surface area (Å²) < 4.78 is 0. The fourth-order valence-electron chi connectivity index (χ4n) is 1.76. The molecule has 0 aromatic heterocycles. The van der Waals surface area contributed by atoms with E-state index in [1.807, 2.05) is 0 Å². The molecule has 2 aromatic carbocycles. The Kier molecular flexibility index (Phi) is 5.03. The van der Waals surface area contributed by atoms with Gasteiger partial charge < -0.3 is 20.6 Å². The van der Waals surface area contributed by atoms with E-state index >= 15 is 0 Å². The lowest BCUT2D eigenvalue weighted by molar-refractivity contribution is -0.0424. The minimum Gasteiger partial charge on any atom is -0.382 e. The molecule has 1 radical (unpaired) electrons. The average Bonchev–Trinajstić information content (AvgIpc) is 2.41. The standard InChI is InChI=1S/C14H14BClNO3/c16-11-6-4-10(5-7-11)15-14(20)17-12-3-1-2-9(8-12)13(18)19/h1-8,13-14,17-20H. The van der Waals surface area contributed by atoms with Crippen LogP contribution in [0.4, 0.5) is 5.69 Å². The number of hydrogen-bond donors (Lipinski definition) is 4. The number of halogens is 1.